The van der Waals surface area contributed by atoms with Gasteiger partial charge in [0.2, 0.25) is 5.91 Å². The lowest BCUT2D eigenvalue weighted by Gasteiger charge is -2.12. The van der Waals surface area contributed by atoms with Crippen molar-refractivity contribution in [3.8, 4) is 10.4 Å². The van der Waals surface area contributed by atoms with E-state index in [-0.39, 0.29) is 12.5 Å². The normalized spacial score (nSPS) is 12.0. The van der Waals surface area contributed by atoms with E-state index in [1.165, 1.54) is 34.3 Å². The number of ether oxygens (including phenoxy) is 1. The quantitative estimate of drug-likeness (QED) is 0.182. The molecular weight excluding hydrogens is 474 g/mol. The van der Waals surface area contributed by atoms with Crippen LogP contribution in [0.3, 0.4) is 0 Å². The molecule has 33 heavy (non-hydrogen) atoms. The maximum Gasteiger partial charge on any atom is 0.341 e. The number of carbonyl (C=O) groups is 2. The monoisotopic (exact) mass is 497 g/mol. The average molecular weight is 498 g/mol. The standard InChI is InChI=1S/C24H23N3O3S3/c1-5-30-24(29)17-11-18(16-9-7-6-8-10-16)33-21(17)27-20(28)15(4)32-23-19-13(2)14(3)31-22(19)25-12-26-23/h6-12,15H,5H2,1-4H3,(H,27,28)/t15-/m0/s1. The molecule has 0 fully saturated rings. The predicted octanol–water partition coefficient (Wildman–Crippen LogP) is 6.33. The van der Waals surface area contributed by atoms with Crippen molar-refractivity contribution in [2.75, 3.05) is 11.9 Å². The summed E-state index contributed by atoms with van der Waals surface area (Å²) in [6.07, 6.45) is 1.54. The van der Waals surface area contributed by atoms with Crippen molar-refractivity contribution in [1.82, 2.24) is 9.97 Å². The van der Waals surface area contributed by atoms with Crippen molar-refractivity contribution in [2.45, 2.75) is 38.0 Å². The van der Waals surface area contributed by atoms with Gasteiger partial charge < -0.3 is 10.1 Å². The molecule has 1 amide bonds. The molecular formula is C24H23N3O3S3. The number of nitrogens with one attached hydrogen (secondary N) is 1. The van der Waals surface area contributed by atoms with Crippen LogP contribution in [0.5, 0.6) is 0 Å². The predicted molar refractivity (Wildman–Crippen MR) is 137 cm³/mol. The van der Waals surface area contributed by atoms with Crippen LogP contribution < -0.4 is 5.32 Å². The molecule has 6 nitrogen and oxygen atoms in total. The number of aromatic nitrogens is 2. The van der Waals surface area contributed by atoms with Crippen LogP contribution in [0.15, 0.2) is 47.8 Å². The van der Waals surface area contributed by atoms with E-state index in [2.05, 4.69) is 29.1 Å². The molecule has 4 rings (SSSR count). The van der Waals surface area contributed by atoms with Gasteiger partial charge >= 0.3 is 5.97 Å². The summed E-state index contributed by atoms with van der Waals surface area (Å²) in [4.78, 5) is 37.5. The molecule has 0 aliphatic rings. The van der Waals surface area contributed by atoms with Crippen molar-refractivity contribution in [3.05, 3.63) is 58.7 Å². The van der Waals surface area contributed by atoms with E-state index in [1.54, 1.807) is 24.3 Å². The van der Waals surface area contributed by atoms with Crippen LogP contribution in [-0.2, 0) is 9.53 Å². The molecule has 0 spiro atoms. The maximum atomic E-state index is 13.1. The van der Waals surface area contributed by atoms with Crippen molar-refractivity contribution in [2.24, 2.45) is 0 Å². The van der Waals surface area contributed by atoms with E-state index in [0.29, 0.717) is 10.6 Å². The molecule has 9 heteroatoms. The Morgan fingerprint density at radius 1 is 1.15 bits per heavy atom. The molecule has 3 heterocycles. The number of amides is 1. The minimum absolute atomic E-state index is 0.205. The fourth-order valence-electron chi connectivity index (χ4n) is 3.26. The van der Waals surface area contributed by atoms with Gasteiger partial charge in [-0.3, -0.25) is 4.79 Å². The average Bonchev–Trinajstić information content (AvgIpc) is 3.36. The number of thioether (sulfide) groups is 1. The molecule has 0 radical (unpaired) electrons. The summed E-state index contributed by atoms with van der Waals surface area (Å²) < 4.78 is 5.21. The molecule has 1 atom stereocenters. The van der Waals surface area contributed by atoms with E-state index >= 15 is 0 Å². The van der Waals surface area contributed by atoms with Gasteiger partial charge in [-0.1, -0.05) is 42.1 Å². The van der Waals surface area contributed by atoms with Gasteiger partial charge in [-0.2, -0.15) is 0 Å². The highest BCUT2D eigenvalue weighted by Gasteiger charge is 2.24. The van der Waals surface area contributed by atoms with Crippen molar-refractivity contribution in [3.63, 3.8) is 0 Å². The Balaban J connectivity index is 1.59. The minimum atomic E-state index is -0.451. The summed E-state index contributed by atoms with van der Waals surface area (Å²) in [6, 6.07) is 11.5. The van der Waals surface area contributed by atoms with Gasteiger partial charge in [0.25, 0.3) is 0 Å². The second-order valence-electron chi connectivity index (χ2n) is 7.33. The van der Waals surface area contributed by atoms with Crippen molar-refractivity contribution < 1.29 is 14.3 Å². The number of benzene rings is 1. The highest BCUT2D eigenvalue weighted by Crippen LogP contribution is 2.38. The number of rotatable bonds is 7. The summed E-state index contributed by atoms with van der Waals surface area (Å²) in [5, 5.41) is 4.78. The summed E-state index contributed by atoms with van der Waals surface area (Å²) in [5.41, 5.74) is 2.48. The van der Waals surface area contributed by atoms with Gasteiger partial charge in [0.1, 0.15) is 21.2 Å². The van der Waals surface area contributed by atoms with Crippen LogP contribution in [0.25, 0.3) is 20.7 Å². The van der Waals surface area contributed by atoms with Gasteiger partial charge in [-0.25, -0.2) is 14.8 Å². The molecule has 1 aromatic carbocycles. The smallest absolute Gasteiger partial charge is 0.341 e. The first-order valence-corrected chi connectivity index (χ1v) is 12.9. The van der Waals surface area contributed by atoms with Gasteiger partial charge in [-0.05, 0) is 44.9 Å². The van der Waals surface area contributed by atoms with Crippen LogP contribution in [0.2, 0.25) is 0 Å². The van der Waals surface area contributed by atoms with Crippen molar-refractivity contribution >= 4 is 61.5 Å². The molecule has 0 saturated heterocycles. The Morgan fingerprint density at radius 2 is 1.91 bits per heavy atom. The Bertz CT molecular complexity index is 1310. The van der Waals surface area contributed by atoms with E-state index < -0.39 is 11.2 Å². The van der Waals surface area contributed by atoms with E-state index in [9.17, 15) is 9.59 Å². The lowest BCUT2D eigenvalue weighted by molar-refractivity contribution is -0.115. The number of thiophene rings is 2. The second-order valence-corrected chi connectivity index (χ2v) is 10.9. The Morgan fingerprint density at radius 3 is 2.64 bits per heavy atom. The first-order chi connectivity index (χ1) is 15.9. The number of hydrogen-bond donors (Lipinski definition) is 1. The fourth-order valence-corrected chi connectivity index (χ4v) is 6.36. The molecule has 0 bridgehead atoms. The first-order valence-electron chi connectivity index (χ1n) is 10.4. The van der Waals surface area contributed by atoms with Crippen LogP contribution in [0, 0.1) is 13.8 Å². The SMILES string of the molecule is CCOC(=O)c1cc(-c2ccccc2)sc1NC(=O)[C@H](C)Sc1ncnc2sc(C)c(C)c12. The van der Waals surface area contributed by atoms with Gasteiger partial charge in [-0.15, -0.1) is 22.7 Å². The zero-order chi connectivity index (χ0) is 23.5. The highest BCUT2D eigenvalue weighted by molar-refractivity contribution is 8.00. The van der Waals surface area contributed by atoms with Gasteiger partial charge in [0, 0.05) is 15.1 Å². The summed E-state index contributed by atoms with van der Waals surface area (Å²) in [6.45, 7) is 7.96. The number of nitrogens with zero attached hydrogens (tertiary/aromatic N) is 2. The lowest BCUT2D eigenvalue weighted by atomic mass is 10.1. The van der Waals surface area contributed by atoms with E-state index in [1.807, 2.05) is 37.3 Å². The van der Waals surface area contributed by atoms with Crippen LogP contribution in [0.1, 0.15) is 34.6 Å². The molecule has 0 aliphatic heterocycles. The summed E-state index contributed by atoms with van der Waals surface area (Å²) in [5.74, 6) is -0.656. The largest absolute Gasteiger partial charge is 0.462 e. The van der Waals surface area contributed by atoms with Gasteiger partial charge in [0.15, 0.2) is 0 Å². The molecule has 1 N–H and O–H groups in total. The van der Waals surface area contributed by atoms with Crippen LogP contribution >= 0.6 is 34.4 Å². The van der Waals surface area contributed by atoms with Crippen molar-refractivity contribution in [1.29, 1.82) is 0 Å². The molecule has 0 saturated carbocycles. The molecule has 0 aliphatic carbocycles. The maximum absolute atomic E-state index is 13.1. The van der Waals surface area contributed by atoms with Gasteiger partial charge in [0.05, 0.1) is 17.4 Å². The number of anilines is 1. The topological polar surface area (TPSA) is 81.2 Å². The number of carbonyl (C=O) groups excluding carboxylic acids is 2. The number of esters is 1. The molecule has 4 aromatic rings. The number of aryl methyl sites for hydroxylation is 2. The Hall–Kier alpha value is -2.75. The van der Waals surface area contributed by atoms with Crippen LogP contribution in [0.4, 0.5) is 5.00 Å². The Kier molecular flexibility index (Phi) is 7.11. The summed E-state index contributed by atoms with van der Waals surface area (Å²) in [7, 11) is 0. The fraction of sp³-hybridized carbons (Fsp3) is 0.250. The molecule has 170 valence electrons. The second kappa shape index (κ2) is 10.0. The van der Waals surface area contributed by atoms with E-state index in [0.717, 1.165) is 31.2 Å². The number of hydrogen-bond acceptors (Lipinski definition) is 8. The lowest BCUT2D eigenvalue weighted by Crippen LogP contribution is -2.23. The molecule has 3 aromatic heterocycles. The highest BCUT2D eigenvalue weighted by atomic mass is 32.2. The van der Waals surface area contributed by atoms with E-state index in [4.69, 9.17) is 4.74 Å². The third-order valence-corrected chi connectivity index (χ3v) is 8.43. The number of fused-ring (bicyclic) bond motifs is 1. The summed E-state index contributed by atoms with van der Waals surface area (Å²) >= 11 is 4.38. The zero-order valence-electron chi connectivity index (χ0n) is 18.7. The molecule has 0 unspecified atom stereocenters. The third-order valence-electron chi connectivity index (χ3n) is 5.11. The van der Waals surface area contributed by atoms with Crippen LogP contribution in [-0.4, -0.2) is 33.7 Å². The zero-order valence-corrected chi connectivity index (χ0v) is 21.1. The Labute approximate surface area is 204 Å². The first kappa shape index (κ1) is 23.4. The minimum Gasteiger partial charge on any atom is -0.462 e. The third kappa shape index (κ3) is 4.95.